The predicted octanol–water partition coefficient (Wildman–Crippen LogP) is 4.72. The summed E-state index contributed by atoms with van der Waals surface area (Å²) in [6, 6.07) is 0. The molecule has 0 spiro atoms. The van der Waals surface area contributed by atoms with Gasteiger partial charge in [0.2, 0.25) is 0 Å². The molecule has 0 radical (unpaired) electrons. The molecule has 0 amide bonds. The smallest absolute Gasteiger partial charge is 0.139 e. The maximum atomic E-state index is 12.4. The van der Waals surface area contributed by atoms with Crippen molar-refractivity contribution in [2.45, 2.75) is 72.1 Å². The third kappa shape index (κ3) is 2.06. The van der Waals surface area contributed by atoms with Gasteiger partial charge in [-0.15, -0.1) is 0 Å². The Morgan fingerprint density at radius 2 is 1.78 bits per heavy atom. The van der Waals surface area contributed by atoms with E-state index in [1.807, 2.05) is 0 Å². The predicted molar refractivity (Wildman–Crippen MR) is 90.9 cm³/mol. The van der Waals surface area contributed by atoms with Crippen molar-refractivity contribution < 1.29 is 9.59 Å². The molecule has 3 saturated carbocycles. The fourth-order valence-corrected chi connectivity index (χ4v) is 6.78. The van der Waals surface area contributed by atoms with Crippen molar-refractivity contribution >= 4 is 11.6 Å². The highest BCUT2D eigenvalue weighted by atomic mass is 16.1. The Hall–Kier alpha value is -0.920. The van der Waals surface area contributed by atoms with E-state index in [0.29, 0.717) is 28.8 Å². The van der Waals surface area contributed by atoms with Gasteiger partial charge in [-0.25, -0.2) is 0 Å². The van der Waals surface area contributed by atoms with Gasteiger partial charge in [-0.2, -0.15) is 0 Å². The maximum Gasteiger partial charge on any atom is 0.139 e. The zero-order valence-electron chi connectivity index (χ0n) is 14.9. The summed E-state index contributed by atoms with van der Waals surface area (Å²) in [6.07, 6.45) is 11.1. The lowest BCUT2D eigenvalue weighted by Gasteiger charge is -2.57. The second-order valence-electron chi connectivity index (χ2n) is 9.23. The zero-order chi connectivity index (χ0) is 16.4. The van der Waals surface area contributed by atoms with Crippen LogP contribution in [0.4, 0.5) is 0 Å². The van der Waals surface area contributed by atoms with Crippen LogP contribution in [0, 0.1) is 34.5 Å². The average Bonchev–Trinajstić information content (AvgIpc) is 2.82. The van der Waals surface area contributed by atoms with Crippen molar-refractivity contribution in [3.8, 4) is 0 Å². The largest absolute Gasteiger partial charge is 0.300 e. The van der Waals surface area contributed by atoms with Gasteiger partial charge in [0.05, 0.1) is 0 Å². The lowest BCUT2D eigenvalue weighted by Crippen LogP contribution is -2.50. The van der Waals surface area contributed by atoms with Crippen molar-refractivity contribution in [2.75, 3.05) is 0 Å². The van der Waals surface area contributed by atoms with E-state index in [4.69, 9.17) is 0 Å². The zero-order valence-corrected chi connectivity index (χ0v) is 14.9. The first kappa shape index (κ1) is 15.6. The summed E-state index contributed by atoms with van der Waals surface area (Å²) in [5, 5.41) is 0. The van der Waals surface area contributed by atoms with E-state index in [2.05, 4.69) is 19.9 Å². The van der Waals surface area contributed by atoms with Crippen LogP contribution in [-0.2, 0) is 9.59 Å². The van der Waals surface area contributed by atoms with Gasteiger partial charge in [0.25, 0.3) is 0 Å². The molecule has 0 saturated heterocycles. The number of Topliss-reactive ketones (excluding diaryl/α,β-unsaturated/α-hetero) is 2. The van der Waals surface area contributed by atoms with E-state index in [1.54, 1.807) is 12.5 Å². The molecule has 126 valence electrons. The van der Waals surface area contributed by atoms with Crippen LogP contribution in [0.3, 0.4) is 0 Å². The van der Waals surface area contributed by atoms with Crippen LogP contribution in [0.15, 0.2) is 11.6 Å². The number of carbonyl (C=O) groups excluding carboxylic acids is 2. The van der Waals surface area contributed by atoms with E-state index < -0.39 is 0 Å². The molecule has 4 rings (SSSR count). The van der Waals surface area contributed by atoms with Crippen LogP contribution in [-0.4, -0.2) is 11.6 Å². The normalized spacial score (nSPS) is 49.0. The molecule has 0 aromatic rings. The molecule has 0 heterocycles. The molecule has 0 aliphatic heterocycles. The summed E-state index contributed by atoms with van der Waals surface area (Å²) < 4.78 is 0. The third-order valence-corrected chi connectivity index (χ3v) is 8.39. The molecular weight excluding hydrogens is 284 g/mol. The first-order valence-electron chi connectivity index (χ1n) is 9.59. The van der Waals surface area contributed by atoms with Crippen LogP contribution in [0.5, 0.6) is 0 Å². The average molecular weight is 314 g/mol. The molecule has 4 aliphatic rings. The van der Waals surface area contributed by atoms with Crippen molar-refractivity contribution in [1.82, 2.24) is 0 Å². The molecular formula is C21H30O2. The van der Waals surface area contributed by atoms with Gasteiger partial charge in [0.1, 0.15) is 11.6 Å². The second-order valence-corrected chi connectivity index (χ2v) is 9.23. The second kappa shape index (κ2) is 5.04. The molecule has 6 atom stereocenters. The van der Waals surface area contributed by atoms with Gasteiger partial charge in [-0.1, -0.05) is 25.5 Å². The molecule has 0 N–H and O–H groups in total. The van der Waals surface area contributed by atoms with Gasteiger partial charge in [0, 0.05) is 17.8 Å². The number of fused-ring (bicyclic) bond motifs is 5. The quantitative estimate of drug-likeness (QED) is 0.656. The number of hydrogen-bond acceptors (Lipinski definition) is 2. The molecule has 0 aromatic carbocycles. The maximum absolute atomic E-state index is 12.4. The van der Waals surface area contributed by atoms with Crippen LogP contribution in [0.2, 0.25) is 0 Å². The number of ketones is 2. The highest BCUT2D eigenvalue weighted by molar-refractivity contribution is 5.87. The van der Waals surface area contributed by atoms with Crippen LogP contribution in [0.25, 0.3) is 0 Å². The molecule has 2 heteroatoms. The molecule has 0 bridgehead atoms. The van der Waals surface area contributed by atoms with Crippen molar-refractivity contribution in [3.63, 3.8) is 0 Å². The molecule has 2 nitrogen and oxygen atoms in total. The fraction of sp³-hybridized carbons (Fsp3) is 0.810. The van der Waals surface area contributed by atoms with Crippen molar-refractivity contribution in [2.24, 2.45) is 34.5 Å². The lowest BCUT2D eigenvalue weighted by molar-refractivity contribution is -0.132. The Balaban J connectivity index is 1.65. The lowest BCUT2D eigenvalue weighted by atomic mass is 9.47. The number of allylic oxidation sites excluding steroid dienone is 2. The first-order chi connectivity index (χ1) is 10.9. The van der Waals surface area contributed by atoms with E-state index >= 15 is 0 Å². The van der Waals surface area contributed by atoms with Crippen molar-refractivity contribution in [1.29, 1.82) is 0 Å². The van der Waals surface area contributed by atoms with E-state index in [9.17, 15) is 9.59 Å². The summed E-state index contributed by atoms with van der Waals surface area (Å²) in [5.41, 5.74) is 1.83. The Morgan fingerprint density at radius 3 is 2.52 bits per heavy atom. The summed E-state index contributed by atoms with van der Waals surface area (Å²) in [5.74, 6) is 3.19. The molecule has 6 unspecified atom stereocenters. The summed E-state index contributed by atoms with van der Waals surface area (Å²) in [4.78, 5) is 24.3. The topological polar surface area (TPSA) is 34.1 Å². The van der Waals surface area contributed by atoms with E-state index in [0.717, 1.165) is 44.4 Å². The fourth-order valence-electron chi connectivity index (χ4n) is 6.78. The van der Waals surface area contributed by atoms with Crippen LogP contribution < -0.4 is 0 Å². The Bertz CT molecular complexity index is 589. The van der Waals surface area contributed by atoms with Gasteiger partial charge in [-0.05, 0) is 75.0 Å². The van der Waals surface area contributed by atoms with Gasteiger partial charge in [0.15, 0.2) is 0 Å². The highest BCUT2D eigenvalue weighted by Crippen LogP contribution is 2.64. The van der Waals surface area contributed by atoms with E-state index in [-0.39, 0.29) is 11.3 Å². The highest BCUT2D eigenvalue weighted by Gasteiger charge is 2.58. The minimum Gasteiger partial charge on any atom is -0.300 e. The first-order valence-corrected chi connectivity index (χ1v) is 9.59. The number of hydrogen-bond donors (Lipinski definition) is 0. The summed E-state index contributed by atoms with van der Waals surface area (Å²) in [7, 11) is 0. The van der Waals surface area contributed by atoms with E-state index in [1.165, 1.54) is 12.8 Å². The number of rotatable bonds is 1. The molecule has 4 aliphatic carbocycles. The molecule has 0 aromatic heterocycles. The van der Waals surface area contributed by atoms with Gasteiger partial charge >= 0.3 is 0 Å². The monoisotopic (exact) mass is 314 g/mol. The Morgan fingerprint density at radius 1 is 1.09 bits per heavy atom. The third-order valence-electron chi connectivity index (χ3n) is 8.39. The summed E-state index contributed by atoms with van der Waals surface area (Å²) in [6.45, 7) is 6.47. The standard InChI is InChI=1S/C21H30O2/c1-13(22)14-8-10-20(2)15(12-14)4-5-16-17-6-7-19(23)21(17,3)11-9-18(16)20/h4,14,16-18H,5-12H2,1-3H3. The van der Waals surface area contributed by atoms with Crippen LogP contribution in [0.1, 0.15) is 72.1 Å². The minimum atomic E-state index is -0.0283. The van der Waals surface area contributed by atoms with Crippen molar-refractivity contribution in [3.05, 3.63) is 11.6 Å². The minimum absolute atomic E-state index is 0.0283. The van der Waals surface area contributed by atoms with Gasteiger partial charge < -0.3 is 0 Å². The Kier molecular flexibility index (Phi) is 3.42. The van der Waals surface area contributed by atoms with Crippen LogP contribution >= 0.6 is 0 Å². The molecule has 3 fully saturated rings. The summed E-state index contributed by atoms with van der Waals surface area (Å²) >= 11 is 0. The molecule has 23 heavy (non-hydrogen) atoms. The SMILES string of the molecule is CC(=O)C1CCC2(C)C(=CCC3C4CCC(=O)C4(C)CCC32)C1. The number of carbonyl (C=O) groups is 2. The van der Waals surface area contributed by atoms with Gasteiger partial charge in [-0.3, -0.25) is 9.59 Å². The Labute approximate surface area is 140 Å².